The summed E-state index contributed by atoms with van der Waals surface area (Å²) in [5, 5.41) is 0. The van der Waals surface area contributed by atoms with Crippen LogP contribution in [0.3, 0.4) is 0 Å². The molecule has 0 unspecified atom stereocenters. The molecule has 0 radical (unpaired) electrons. The fourth-order valence-corrected chi connectivity index (χ4v) is 1.79. The van der Waals surface area contributed by atoms with Crippen molar-refractivity contribution in [3.63, 3.8) is 0 Å². The van der Waals surface area contributed by atoms with Crippen LogP contribution >= 0.6 is 0 Å². The molecule has 0 spiro atoms. The predicted molar refractivity (Wildman–Crippen MR) is 65.0 cm³/mol. The second-order valence-electron chi connectivity index (χ2n) is 5.32. The molecule has 2 aliphatic rings. The van der Waals surface area contributed by atoms with Gasteiger partial charge < -0.3 is 14.2 Å². The highest BCUT2D eigenvalue weighted by Crippen LogP contribution is 2.41. The van der Waals surface area contributed by atoms with Crippen molar-refractivity contribution in [2.45, 2.75) is 38.1 Å². The maximum Gasteiger partial charge on any atom is 0.573 e. The number of hydrogen-bond acceptors (Lipinski definition) is 3. The van der Waals surface area contributed by atoms with Crippen molar-refractivity contribution in [2.24, 2.45) is 5.92 Å². The second-order valence-corrected chi connectivity index (χ2v) is 5.32. The third-order valence-corrected chi connectivity index (χ3v) is 3.23. The first-order valence-electron chi connectivity index (χ1n) is 6.80. The van der Waals surface area contributed by atoms with Gasteiger partial charge in [0.05, 0.1) is 12.7 Å². The lowest BCUT2D eigenvalue weighted by Crippen LogP contribution is -2.19. The number of alkyl halides is 3. The van der Waals surface area contributed by atoms with Crippen LogP contribution in [-0.2, 0) is 0 Å². The van der Waals surface area contributed by atoms with E-state index in [2.05, 4.69) is 4.74 Å². The number of halogens is 4. The van der Waals surface area contributed by atoms with Crippen molar-refractivity contribution in [1.29, 1.82) is 0 Å². The molecule has 0 aliphatic heterocycles. The lowest BCUT2D eigenvalue weighted by molar-refractivity contribution is -0.276. The van der Waals surface area contributed by atoms with E-state index in [1.807, 2.05) is 0 Å². The minimum Gasteiger partial charge on any atom is -0.489 e. The number of rotatable bonds is 6. The van der Waals surface area contributed by atoms with Gasteiger partial charge in [-0.1, -0.05) is 0 Å². The largest absolute Gasteiger partial charge is 0.573 e. The van der Waals surface area contributed by atoms with Gasteiger partial charge >= 0.3 is 6.36 Å². The zero-order valence-electron chi connectivity index (χ0n) is 11.1. The van der Waals surface area contributed by atoms with Crippen LogP contribution in [0.4, 0.5) is 17.6 Å². The molecule has 7 heteroatoms. The molecule has 2 fully saturated rings. The van der Waals surface area contributed by atoms with Gasteiger partial charge in [0.2, 0.25) is 11.6 Å². The maximum absolute atomic E-state index is 14.2. The van der Waals surface area contributed by atoms with Gasteiger partial charge in [0.1, 0.15) is 0 Å². The van der Waals surface area contributed by atoms with Crippen molar-refractivity contribution in [3.05, 3.63) is 17.9 Å². The average Bonchev–Trinajstić information content (AvgIpc) is 3.25. The third-order valence-electron chi connectivity index (χ3n) is 3.23. The number of benzene rings is 1. The summed E-state index contributed by atoms with van der Waals surface area (Å²) in [6.45, 7) is 0.260. The summed E-state index contributed by atoms with van der Waals surface area (Å²) in [7, 11) is 0. The molecule has 2 saturated carbocycles. The van der Waals surface area contributed by atoms with Crippen LogP contribution in [0.15, 0.2) is 12.1 Å². The van der Waals surface area contributed by atoms with Gasteiger partial charge in [0, 0.05) is 0 Å². The summed E-state index contributed by atoms with van der Waals surface area (Å²) in [4.78, 5) is 0. The first kappa shape index (κ1) is 14.3. The molecular weight excluding hydrogens is 292 g/mol. The summed E-state index contributed by atoms with van der Waals surface area (Å²) < 4.78 is 65.7. The quantitative estimate of drug-likeness (QED) is 0.742. The van der Waals surface area contributed by atoms with E-state index in [9.17, 15) is 17.6 Å². The summed E-state index contributed by atoms with van der Waals surface area (Å²) >= 11 is 0. The predicted octanol–water partition coefficient (Wildman–Crippen LogP) is 4.05. The Balaban J connectivity index is 1.83. The Labute approximate surface area is 118 Å². The van der Waals surface area contributed by atoms with Gasteiger partial charge in [0.25, 0.3) is 0 Å². The van der Waals surface area contributed by atoms with Crippen LogP contribution in [-0.4, -0.2) is 19.1 Å². The Bertz CT molecular complexity index is 522. The smallest absolute Gasteiger partial charge is 0.489 e. The monoisotopic (exact) mass is 306 g/mol. The zero-order valence-corrected chi connectivity index (χ0v) is 11.1. The van der Waals surface area contributed by atoms with Crippen molar-refractivity contribution < 1.29 is 31.8 Å². The van der Waals surface area contributed by atoms with Crippen LogP contribution in [0.25, 0.3) is 0 Å². The highest BCUT2D eigenvalue weighted by molar-refractivity contribution is 5.47. The summed E-state index contributed by atoms with van der Waals surface area (Å²) in [6, 6.07) is 2.53. The third kappa shape index (κ3) is 3.92. The van der Waals surface area contributed by atoms with Crippen molar-refractivity contribution in [1.82, 2.24) is 0 Å². The van der Waals surface area contributed by atoms with Gasteiger partial charge in [-0.3, -0.25) is 0 Å². The molecular formula is C14H14F4O3. The van der Waals surface area contributed by atoms with Crippen LogP contribution < -0.4 is 14.2 Å². The fraction of sp³-hybridized carbons (Fsp3) is 0.571. The minimum atomic E-state index is -4.99. The molecule has 0 aromatic heterocycles. The molecule has 3 nitrogen and oxygen atoms in total. The summed E-state index contributed by atoms with van der Waals surface area (Å²) in [6.07, 6.45) is -1.63. The molecule has 0 bridgehead atoms. The lowest BCUT2D eigenvalue weighted by Gasteiger charge is -2.16. The molecule has 0 heterocycles. The summed E-state index contributed by atoms with van der Waals surface area (Å²) in [5.41, 5.74) is 0. The molecule has 0 saturated heterocycles. The number of hydrogen-bond donors (Lipinski definition) is 0. The summed E-state index contributed by atoms with van der Waals surface area (Å²) in [5.74, 6) is -2.29. The van der Waals surface area contributed by atoms with Crippen LogP contribution in [0, 0.1) is 11.7 Å². The van der Waals surface area contributed by atoms with Gasteiger partial charge in [-0.15, -0.1) is 13.2 Å². The Morgan fingerprint density at radius 1 is 1.05 bits per heavy atom. The Kier molecular flexibility index (Phi) is 3.59. The van der Waals surface area contributed by atoms with Gasteiger partial charge in [-0.25, -0.2) is 0 Å². The van der Waals surface area contributed by atoms with E-state index in [1.165, 1.54) is 12.1 Å². The molecule has 1 aromatic rings. The molecule has 0 atom stereocenters. The molecule has 116 valence electrons. The lowest BCUT2D eigenvalue weighted by atomic mass is 10.2. The zero-order chi connectivity index (χ0) is 15.0. The van der Waals surface area contributed by atoms with E-state index >= 15 is 0 Å². The van der Waals surface area contributed by atoms with E-state index < -0.39 is 17.9 Å². The maximum atomic E-state index is 14.2. The molecule has 21 heavy (non-hydrogen) atoms. The topological polar surface area (TPSA) is 27.7 Å². The highest BCUT2D eigenvalue weighted by atomic mass is 19.4. The Hall–Kier alpha value is -1.66. The van der Waals surface area contributed by atoms with E-state index in [0.717, 1.165) is 25.7 Å². The van der Waals surface area contributed by atoms with E-state index in [4.69, 9.17) is 9.47 Å². The fourth-order valence-electron chi connectivity index (χ4n) is 1.79. The second kappa shape index (κ2) is 5.27. The molecule has 0 N–H and O–H groups in total. The molecule has 1 aromatic carbocycles. The minimum absolute atomic E-state index is 0.128. The first-order valence-corrected chi connectivity index (χ1v) is 6.80. The molecule has 2 aliphatic carbocycles. The Morgan fingerprint density at radius 3 is 2.29 bits per heavy atom. The number of ether oxygens (including phenoxy) is 3. The van der Waals surface area contributed by atoms with E-state index in [-0.39, 0.29) is 24.2 Å². The van der Waals surface area contributed by atoms with Gasteiger partial charge in [-0.05, 0) is 43.7 Å². The van der Waals surface area contributed by atoms with Crippen molar-refractivity contribution >= 4 is 0 Å². The molecule has 3 rings (SSSR count). The molecule has 0 amide bonds. The Morgan fingerprint density at radius 2 is 1.71 bits per heavy atom. The average molecular weight is 306 g/mol. The first-order chi connectivity index (χ1) is 9.92. The standard InChI is InChI=1S/C14H14F4O3/c15-12-10(20-9-3-4-9)5-6-11(19-7-8-1-2-8)13(12)21-14(16,17)18/h5-6,8-9H,1-4,7H2. The van der Waals surface area contributed by atoms with Gasteiger partial charge in [-0.2, -0.15) is 4.39 Å². The van der Waals surface area contributed by atoms with Crippen LogP contribution in [0.2, 0.25) is 0 Å². The highest BCUT2D eigenvalue weighted by Gasteiger charge is 2.36. The van der Waals surface area contributed by atoms with Crippen LogP contribution in [0.5, 0.6) is 17.2 Å². The van der Waals surface area contributed by atoms with Crippen molar-refractivity contribution in [3.8, 4) is 17.2 Å². The van der Waals surface area contributed by atoms with E-state index in [1.54, 1.807) is 0 Å². The van der Waals surface area contributed by atoms with Gasteiger partial charge in [0.15, 0.2) is 11.5 Å². The van der Waals surface area contributed by atoms with E-state index in [0.29, 0.717) is 5.92 Å². The van der Waals surface area contributed by atoms with Crippen molar-refractivity contribution in [2.75, 3.05) is 6.61 Å². The van der Waals surface area contributed by atoms with Crippen LogP contribution in [0.1, 0.15) is 25.7 Å². The SMILES string of the molecule is Fc1c(OC2CC2)ccc(OCC2CC2)c1OC(F)(F)F. The normalized spacial score (nSPS) is 18.5.